The second-order valence-electron chi connectivity index (χ2n) is 3.75. The highest BCUT2D eigenvalue weighted by Crippen LogP contribution is 2.16. The van der Waals surface area contributed by atoms with Crippen molar-refractivity contribution in [2.45, 2.75) is 13.1 Å². The molecule has 0 unspecified atom stereocenters. The van der Waals surface area contributed by atoms with Crippen LogP contribution in [0, 0.1) is 0 Å². The fraction of sp³-hybridized carbons (Fsp3) is 0.250. The van der Waals surface area contributed by atoms with Crippen LogP contribution in [-0.4, -0.2) is 16.9 Å². The number of benzene rings is 1. The number of rotatable bonds is 4. The number of hydrogen-bond acceptors (Lipinski definition) is 3. The number of thiazole rings is 1. The first kappa shape index (κ1) is 11.6. The van der Waals surface area contributed by atoms with Crippen molar-refractivity contribution < 1.29 is 0 Å². The lowest BCUT2D eigenvalue weighted by Gasteiger charge is -2.14. The van der Waals surface area contributed by atoms with Crippen LogP contribution < -0.4 is 0 Å². The van der Waals surface area contributed by atoms with Gasteiger partial charge in [-0.3, -0.25) is 4.90 Å². The summed E-state index contributed by atoms with van der Waals surface area (Å²) >= 11 is 7.27. The maximum Gasteiger partial charge on any atom is 0.183 e. The molecule has 0 aliphatic carbocycles. The third-order valence-corrected chi connectivity index (χ3v) is 3.28. The van der Waals surface area contributed by atoms with Crippen molar-refractivity contribution in [1.82, 2.24) is 9.88 Å². The van der Waals surface area contributed by atoms with Gasteiger partial charge in [0.2, 0.25) is 0 Å². The first-order valence-electron chi connectivity index (χ1n) is 5.06. The zero-order valence-electron chi connectivity index (χ0n) is 9.06. The average molecular weight is 253 g/mol. The lowest BCUT2D eigenvalue weighted by molar-refractivity contribution is 0.316. The van der Waals surface area contributed by atoms with E-state index >= 15 is 0 Å². The Bertz CT molecular complexity index is 441. The van der Waals surface area contributed by atoms with E-state index in [1.165, 1.54) is 16.9 Å². The molecule has 0 aliphatic rings. The predicted molar refractivity (Wildman–Crippen MR) is 68.7 cm³/mol. The zero-order chi connectivity index (χ0) is 11.4. The Kier molecular flexibility index (Phi) is 3.93. The van der Waals surface area contributed by atoms with Gasteiger partial charge in [0, 0.05) is 18.5 Å². The smallest absolute Gasteiger partial charge is 0.183 e. The minimum absolute atomic E-state index is 0.614. The fourth-order valence-corrected chi connectivity index (χ4v) is 2.36. The van der Waals surface area contributed by atoms with Gasteiger partial charge in [0.05, 0.1) is 5.69 Å². The highest BCUT2D eigenvalue weighted by atomic mass is 35.5. The standard InChI is InChI=1S/C12H13ClN2S/c1-15(7-10-5-3-2-4-6-10)8-11-9-16-12(13)14-11/h2-6,9H,7-8H2,1H3. The number of nitrogens with zero attached hydrogens (tertiary/aromatic N) is 2. The fourth-order valence-electron chi connectivity index (χ4n) is 1.58. The summed E-state index contributed by atoms with van der Waals surface area (Å²) in [7, 11) is 2.08. The molecule has 1 aromatic carbocycles. The van der Waals surface area contributed by atoms with Gasteiger partial charge in [-0.05, 0) is 12.6 Å². The molecule has 0 atom stereocenters. The van der Waals surface area contributed by atoms with Crippen LogP contribution in [0.5, 0.6) is 0 Å². The molecule has 0 spiro atoms. The van der Waals surface area contributed by atoms with E-state index in [-0.39, 0.29) is 0 Å². The third kappa shape index (κ3) is 3.30. The second-order valence-corrected chi connectivity index (χ2v) is 5.19. The second kappa shape index (κ2) is 5.43. The molecule has 0 radical (unpaired) electrons. The molecule has 0 saturated carbocycles. The van der Waals surface area contributed by atoms with Crippen LogP contribution >= 0.6 is 22.9 Å². The molecular formula is C12H13ClN2S. The summed E-state index contributed by atoms with van der Waals surface area (Å²) in [4.78, 5) is 6.46. The van der Waals surface area contributed by atoms with Crippen LogP contribution in [0.4, 0.5) is 0 Å². The van der Waals surface area contributed by atoms with Crippen LogP contribution in [0.3, 0.4) is 0 Å². The molecule has 0 N–H and O–H groups in total. The molecule has 1 heterocycles. The maximum atomic E-state index is 5.79. The lowest BCUT2D eigenvalue weighted by atomic mass is 10.2. The van der Waals surface area contributed by atoms with Gasteiger partial charge in [-0.15, -0.1) is 11.3 Å². The Morgan fingerprint density at radius 2 is 2.00 bits per heavy atom. The zero-order valence-corrected chi connectivity index (χ0v) is 10.6. The monoisotopic (exact) mass is 252 g/mol. The van der Waals surface area contributed by atoms with Gasteiger partial charge < -0.3 is 0 Å². The highest BCUT2D eigenvalue weighted by Gasteiger charge is 2.04. The van der Waals surface area contributed by atoms with Gasteiger partial charge in [-0.25, -0.2) is 4.98 Å². The van der Waals surface area contributed by atoms with E-state index in [1.54, 1.807) is 0 Å². The quantitative estimate of drug-likeness (QED) is 0.829. The normalized spacial score (nSPS) is 10.9. The topological polar surface area (TPSA) is 16.1 Å². The maximum absolute atomic E-state index is 5.79. The van der Waals surface area contributed by atoms with Crippen LogP contribution in [0.1, 0.15) is 11.3 Å². The van der Waals surface area contributed by atoms with E-state index in [0.29, 0.717) is 4.47 Å². The Balaban J connectivity index is 1.92. The van der Waals surface area contributed by atoms with Gasteiger partial charge in [0.15, 0.2) is 4.47 Å². The summed E-state index contributed by atoms with van der Waals surface area (Å²) in [5, 5.41) is 2.00. The molecule has 4 heteroatoms. The van der Waals surface area contributed by atoms with E-state index in [0.717, 1.165) is 18.8 Å². The van der Waals surface area contributed by atoms with Crippen molar-refractivity contribution in [2.75, 3.05) is 7.05 Å². The summed E-state index contributed by atoms with van der Waals surface area (Å²) in [5.74, 6) is 0. The first-order chi connectivity index (χ1) is 7.74. The number of aromatic nitrogens is 1. The molecule has 0 fully saturated rings. The van der Waals surface area contributed by atoms with E-state index in [9.17, 15) is 0 Å². The van der Waals surface area contributed by atoms with E-state index < -0.39 is 0 Å². The summed E-state index contributed by atoms with van der Waals surface area (Å²) < 4.78 is 0.614. The molecular weight excluding hydrogens is 240 g/mol. The predicted octanol–water partition coefficient (Wildman–Crippen LogP) is 3.43. The average Bonchev–Trinajstić information content (AvgIpc) is 2.65. The van der Waals surface area contributed by atoms with Crippen LogP contribution in [0.2, 0.25) is 4.47 Å². The SMILES string of the molecule is CN(Cc1ccccc1)Cc1csc(Cl)n1. The highest BCUT2D eigenvalue weighted by molar-refractivity contribution is 7.13. The molecule has 0 bridgehead atoms. The minimum Gasteiger partial charge on any atom is -0.296 e. The molecule has 2 rings (SSSR count). The molecule has 1 aromatic heterocycles. The molecule has 2 nitrogen and oxygen atoms in total. The Labute approximate surface area is 105 Å². The van der Waals surface area contributed by atoms with Gasteiger partial charge >= 0.3 is 0 Å². The summed E-state index contributed by atoms with van der Waals surface area (Å²) in [5.41, 5.74) is 2.35. The summed E-state index contributed by atoms with van der Waals surface area (Å²) in [6, 6.07) is 10.4. The van der Waals surface area contributed by atoms with Crippen molar-refractivity contribution in [2.24, 2.45) is 0 Å². The number of hydrogen-bond donors (Lipinski definition) is 0. The van der Waals surface area contributed by atoms with E-state index in [4.69, 9.17) is 11.6 Å². The molecule has 2 aromatic rings. The van der Waals surface area contributed by atoms with Crippen molar-refractivity contribution in [1.29, 1.82) is 0 Å². The number of halogens is 1. The molecule has 0 saturated heterocycles. The van der Waals surface area contributed by atoms with Crippen molar-refractivity contribution in [3.8, 4) is 0 Å². The summed E-state index contributed by atoms with van der Waals surface area (Å²) in [6.45, 7) is 1.76. The van der Waals surface area contributed by atoms with Gasteiger partial charge in [-0.2, -0.15) is 0 Å². The Morgan fingerprint density at radius 1 is 1.25 bits per heavy atom. The molecule has 84 valence electrons. The Hall–Kier alpha value is -0.900. The third-order valence-electron chi connectivity index (χ3n) is 2.25. The van der Waals surface area contributed by atoms with Crippen molar-refractivity contribution >= 4 is 22.9 Å². The van der Waals surface area contributed by atoms with E-state index in [2.05, 4.69) is 41.2 Å². The van der Waals surface area contributed by atoms with Gasteiger partial charge in [0.25, 0.3) is 0 Å². The van der Waals surface area contributed by atoms with Crippen molar-refractivity contribution in [3.05, 3.63) is 51.4 Å². The lowest BCUT2D eigenvalue weighted by Crippen LogP contribution is -2.17. The molecule has 0 aliphatic heterocycles. The largest absolute Gasteiger partial charge is 0.296 e. The van der Waals surface area contributed by atoms with Crippen LogP contribution in [0.15, 0.2) is 35.7 Å². The van der Waals surface area contributed by atoms with Crippen LogP contribution in [0.25, 0.3) is 0 Å². The first-order valence-corrected chi connectivity index (χ1v) is 6.32. The van der Waals surface area contributed by atoms with E-state index in [1.807, 2.05) is 11.4 Å². The van der Waals surface area contributed by atoms with Crippen molar-refractivity contribution in [3.63, 3.8) is 0 Å². The Morgan fingerprint density at radius 3 is 2.62 bits per heavy atom. The van der Waals surface area contributed by atoms with Crippen LogP contribution in [-0.2, 0) is 13.1 Å². The minimum atomic E-state index is 0.614. The molecule has 16 heavy (non-hydrogen) atoms. The van der Waals surface area contributed by atoms with Gasteiger partial charge in [0.1, 0.15) is 0 Å². The van der Waals surface area contributed by atoms with Gasteiger partial charge in [-0.1, -0.05) is 41.9 Å². The summed E-state index contributed by atoms with van der Waals surface area (Å²) in [6.07, 6.45) is 0. The molecule has 0 amide bonds.